The lowest BCUT2D eigenvalue weighted by Crippen LogP contribution is -2.19. The zero-order chi connectivity index (χ0) is 23.4. The van der Waals surface area contributed by atoms with Crippen LogP contribution < -0.4 is 15.4 Å². The van der Waals surface area contributed by atoms with Gasteiger partial charge in [-0.1, -0.05) is 41.9 Å². The van der Waals surface area contributed by atoms with Crippen LogP contribution in [0.2, 0.25) is 5.02 Å². The molecular weight excluding hydrogens is 449 g/mol. The molecule has 4 rings (SSSR count). The van der Waals surface area contributed by atoms with Crippen molar-refractivity contribution in [2.75, 3.05) is 44.6 Å². The molecule has 0 unspecified atom stereocenters. The Morgan fingerprint density at radius 3 is 2.55 bits per heavy atom. The van der Waals surface area contributed by atoms with E-state index in [1.165, 1.54) is 26.4 Å². The van der Waals surface area contributed by atoms with Crippen LogP contribution in [0.3, 0.4) is 0 Å². The zero-order valence-electron chi connectivity index (χ0n) is 18.2. The van der Waals surface area contributed by atoms with Gasteiger partial charge in [-0.25, -0.2) is 19.2 Å². The topological polar surface area (TPSA) is 88.4 Å². The Kier molecular flexibility index (Phi) is 6.90. The summed E-state index contributed by atoms with van der Waals surface area (Å²) in [5, 5.41) is 6.58. The Morgan fingerprint density at radius 2 is 1.88 bits per heavy atom. The Morgan fingerprint density at radius 1 is 1.12 bits per heavy atom. The van der Waals surface area contributed by atoms with Crippen molar-refractivity contribution >= 4 is 29.1 Å². The van der Waals surface area contributed by atoms with E-state index in [1.807, 2.05) is 30.3 Å². The molecule has 172 valence electrons. The number of nitrogens with one attached hydrogen (secondary N) is 2. The third-order valence-corrected chi connectivity index (χ3v) is 5.40. The Hall–Kier alpha value is -3.43. The Bertz CT molecular complexity index is 1160. The number of carbonyl (C=O) groups excluding carboxylic acids is 1. The van der Waals surface area contributed by atoms with Gasteiger partial charge in [-0.2, -0.15) is 0 Å². The van der Waals surface area contributed by atoms with Crippen LogP contribution in [0, 0.1) is 5.82 Å². The van der Waals surface area contributed by atoms with Gasteiger partial charge in [-0.15, -0.1) is 0 Å². The maximum atomic E-state index is 15.1. The summed E-state index contributed by atoms with van der Waals surface area (Å²) in [4.78, 5) is 23.7. The molecule has 0 radical (unpaired) electrons. The maximum absolute atomic E-state index is 15.1. The van der Waals surface area contributed by atoms with Crippen molar-refractivity contribution in [3.05, 3.63) is 64.6 Å². The van der Waals surface area contributed by atoms with Gasteiger partial charge in [-0.3, -0.25) is 4.90 Å². The van der Waals surface area contributed by atoms with Gasteiger partial charge < -0.3 is 20.1 Å². The molecule has 0 amide bonds. The molecule has 0 saturated carbocycles. The molecule has 2 aromatic carbocycles. The number of methoxy groups -OCH3 is 2. The predicted octanol–water partition coefficient (Wildman–Crippen LogP) is 4.03. The van der Waals surface area contributed by atoms with Gasteiger partial charge >= 0.3 is 5.97 Å². The third kappa shape index (κ3) is 5.15. The lowest BCUT2D eigenvalue weighted by Gasteiger charge is -2.18. The Labute approximate surface area is 195 Å². The number of carbonyl (C=O) groups is 1. The minimum absolute atomic E-state index is 0.00398. The van der Waals surface area contributed by atoms with Crippen LogP contribution in [0.5, 0.6) is 5.75 Å². The van der Waals surface area contributed by atoms with E-state index in [1.54, 1.807) is 0 Å². The van der Waals surface area contributed by atoms with Crippen LogP contribution in [0.25, 0.3) is 11.4 Å². The minimum atomic E-state index is -0.723. The Balaban J connectivity index is 1.81. The number of rotatable bonds is 9. The van der Waals surface area contributed by atoms with Gasteiger partial charge in [0.15, 0.2) is 28.9 Å². The van der Waals surface area contributed by atoms with Crippen LogP contribution in [0.1, 0.15) is 16.1 Å². The quantitative estimate of drug-likeness (QED) is 0.357. The van der Waals surface area contributed by atoms with E-state index < -0.39 is 11.8 Å². The normalized spacial score (nSPS) is 12.8. The van der Waals surface area contributed by atoms with Crippen molar-refractivity contribution in [1.82, 2.24) is 14.9 Å². The summed E-state index contributed by atoms with van der Waals surface area (Å²) >= 11 is 6.04. The van der Waals surface area contributed by atoms with Gasteiger partial charge in [0.05, 0.1) is 31.5 Å². The van der Waals surface area contributed by atoms with E-state index in [-0.39, 0.29) is 27.9 Å². The van der Waals surface area contributed by atoms with Crippen LogP contribution in [-0.4, -0.2) is 54.8 Å². The standard InChI is InChI=1S/C23H23ClFN5O3/c1-32-20-16(24)9-8-15(17(20)25)21-28-19(23(31)33-2)18(27-13-30-10-11-30)22(29-21)26-12-14-6-4-3-5-7-14/h3-9,27H,10-13H2,1-2H3,(H,26,28,29). The van der Waals surface area contributed by atoms with Gasteiger partial charge in [0.25, 0.3) is 0 Å². The van der Waals surface area contributed by atoms with Gasteiger partial charge in [0.1, 0.15) is 5.69 Å². The van der Waals surface area contributed by atoms with Crippen LogP contribution in [0.4, 0.5) is 15.9 Å². The zero-order valence-corrected chi connectivity index (χ0v) is 18.9. The summed E-state index contributed by atoms with van der Waals surface area (Å²) in [6, 6.07) is 12.6. The number of hydrogen-bond donors (Lipinski definition) is 2. The molecule has 1 aromatic heterocycles. The molecule has 1 aliphatic rings. The van der Waals surface area contributed by atoms with E-state index in [4.69, 9.17) is 21.1 Å². The summed E-state index contributed by atoms with van der Waals surface area (Å²) in [5.41, 5.74) is 1.43. The fourth-order valence-electron chi connectivity index (χ4n) is 3.21. The monoisotopic (exact) mass is 471 g/mol. The highest BCUT2D eigenvalue weighted by molar-refractivity contribution is 6.32. The van der Waals surface area contributed by atoms with E-state index in [0.717, 1.165) is 18.7 Å². The van der Waals surface area contributed by atoms with Gasteiger partial charge in [0, 0.05) is 19.6 Å². The fourth-order valence-corrected chi connectivity index (χ4v) is 3.44. The van der Waals surface area contributed by atoms with Crippen LogP contribution in [-0.2, 0) is 11.3 Å². The van der Waals surface area contributed by atoms with Crippen LogP contribution >= 0.6 is 11.6 Å². The first kappa shape index (κ1) is 22.8. The molecule has 3 aromatic rings. The highest BCUT2D eigenvalue weighted by Crippen LogP contribution is 2.35. The molecule has 1 aliphatic heterocycles. The van der Waals surface area contributed by atoms with Crippen LogP contribution in [0.15, 0.2) is 42.5 Å². The molecule has 33 heavy (non-hydrogen) atoms. The molecule has 0 bridgehead atoms. The third-order valence-electron chi connectivity index (χ3n) is 5.10. The molecule has 0 spiro atoms. The average Bonchev–Trinajstić information content (AvgIpc) is 3.66. The van der Waals surface area contributed by atoms with E-state index in [2.05, 4.69) is 25.5 Å². The second-order valence-corrected chi connectivity index (χ2v) is 7.75. The summed E-state index contributed by atoms with van der Waals surface area (Å²) in [5.74, 6) is -1.18. The lowest BCUT2D eigenvalue weighted by molar-refractivity contribution is 0.0595. The maximum Gasteiger partial charge on any atom is 0.359 e. The number of ether oxygens (including phenoxy) is 2. The minimum Gasteiger partial charge on any atom is -0.492 e. The molecule has 1 fully saturated rings. The number of nitrogens with zero attached hydrogens (tertiary/aromatic N) is 3. The number of aromatic nitrogens is 2. The van der Waals surface area contributed by atoms with Gasteiger partial charge in [-0.05, 0) is 17.7 Å². The highest BCUT2D eigenvalue weighted by Gasteiger charge is 2.26. The van der Waals surface area contributed by atoms with Crippen molar-refractivity contribution in [2.24, 2.45) is 0 Å². The molecular formula is C23H23ClFN5O3. The summed E-state index contributed by atoms with van der Waals surface area (Å²) in [7, 11) is 2.59. The summed E-state index contributed by atoms with van der Waals surface area (Å²) in [6.45, 7) is 2.86. The van der Waals surface area contributed by atoms with Crippen molar-refractivity contribution in [3.8, 4) is 17.1 Å². The molecule has 0 aliphatic carbocycles. The second kappa shape index (κ2) is 10.0. The lowest BCUT2D eigenvalue weighted by atomic mass is 10.1. The highest BCUT2D eigenvalue weighted by atomic mass is 35.5. The number of benzene rings is 2. The first-order valence-corrected chi connectivity index (χ1v) is 10.7. The second-order valence-electron chi connectivity index (χ2n) is 7.35. The molecule has 2 N–H and O–H groups in total. The van der Waals surface area contributed by atoms with Crippen molar-refractivity contribution in [2.45, 2.75) is 6.54 Å². The number of anilines is 2. The van der Waals surface area contributed by atoms with E-state index in [0.29, 0.717) is 24.7 Å². The van der Waals surface area contributed by atoms with E-state index >= 15 is 4.39 Å². The van der Waals surface area contributed by atoms with Crippen molar-refractivity contribution in [1.29, 1.82) is 0 Å². The SMILES string of the molecule is COC(=O)c1nc(-c2ccc(Cl)c(OC)c2F)nc(NCc2ccccc2)c1NCN1CC1. The molecule has 1 saturated heterocycles. The number of esters is 1. The first-order chi connectivity index (χ1) is 16.0. The average molecular weight is 472 g/mol. The summed E-state index contributed by atoms with van der Waals surface area (Å²) in [6.07, 6.45) is 0. The molecule has 10 heteroatoms. The molecule has 8 nitrogen and oxygen atoms in total. The predicted molar refractivity (Wildman–Crippen MR) is 124 cm³/mol. The van der Waals surface area contributed by atoms with Crippen molar-refractivity contribution in [3.63, 3.8) is 0 Å². The smallest absolute Gasteiger partial charge is 0.359 e. The summed E-state index contributed by atoms with van der Waals surface area (Å²) < 4.78 is 25.2. The van der Waals surface area contributed by atoms with E-state index in [9.17, 15) is 4.79 Å². The fraction of sp³-hybridized carbons (Fsp3) is 0.261. The molecule has 2 heterocycles. The number of hydrogen-bond acceptors (Lipinski definition) is 8. The van der Waals surface area contributed by atoms with Gasteiger partial charge in [0.2, 0.25) is 0 Å². The largest absolute Gasteiger partial charge is 0.492 e. The number of halogens is 2. The molecule has 0 atom stereocenters. The van der Waals surface area contributed by atoms with Crippen molar-refractivity contribution < 1.29 is 18.7 Å². The first-order valence-electron chi connectivity index (χ1n) is 10.3.